The van der Waals surface area contributed by atoms with E-state index in [-0.39, 0.29) is 24.7 Å². The number of hydrogen-bond donors (Lipinski definition) is 2. The number of esters is 2. The van der Waals surface area contributed by atoms with Crippen molar-refractivity contribution in [3.8, 4) is 16.9 Å². The molecule has 0 radical (unpaired) electrons. The smallest absolute Gasteiger partial charge is 0.338 e. The first-order valence-electron chi connectivity index (χ1n) is 11.2. The first-order valence-corrected chi connectivity index (χ1v) is 11.2. The number of aromatic hydroxyl groups is 1. The van der Waals surface area contributed by atoms with Gasteiger partial charge in [0.1, 0.15) is 18.0 Å². The van der Waals surface area contributed by atoms with E-state index in [1.165, 1.54) is 12.1 Å². The molecule has 0 spiro atoms. The van der Waals surface area contributed by atoms with Crippen LogP contribution in [0.25, 0.3) is 11.1 Å². The predicted octanol–water partition coefficient (Wildman–Crippen LogP) is 4.33. The molecule has 6 heteroatoms. The lowest BCUT2D eigenvalue weighted by Gasteiger charge is -2.30. The van der Waals surface area contributed by atoms with Gasteiger partial charge in [0.15, 0.2) is 0 Å². The fraction of sp³-hybridized carbons (Fsp3) is 0.286. The van der Waals surface area contributed by atoms with Crippen LogP contribution in [0.3, 0.4) is 0 Å². The fourth-order valence-electron chi connectivity index (χ4n) is 4.26. The van der Waals surface area contributed by atoms with E-state index in [2.05, 4.69) is 12.1 Å². The van der Waals surface area contributed by atoms with Crippen molar-refractivity contribution in [3.63, 3.8) is 0 Å². The van der Waals surface area contributed by atoms with Crippen molar-refractivity contribution in [2.45, 2.75) is 44.2 Å². The molecule has 6 nitrogen and oxygen atoms in total. The minimum Gasteiger partial charge on any atom is -0.508 e. The lowest BCUT2D eigenvalue weighted by atomic mass is 9.91. The number of hydrogen-bond acceptors (Lipinski definition) is 6. The summed E-state index contributed by atoms with van der Waals surface area (Å²) >= 11 is 0. The highest BCUT2D eigenvalue weighted by Gasteiger charge is 2.47. The van der Waals surface area contributed by atoms with Crippen LogP contribution in [0.4, 0.5) is 0 Å². The van der Waals surface area contributed by atoms with E-state index in [0.29, 0.717) is 5.56 Å². The predicted molar refractivity (Wildman–Crippen MR) is 129 cm³/mol. The van der Waals surface area contributed by atoms with Crippen LogP contribution in [0.15, 0.2) is 72.8 Å². The van der Waals surface area contributed by atoms with Crippen molar-refractivity contribution >= 4 is 11.9 Å². The first-order chi connectivity index (χ1) is 16.1. The van der Waals surface area contributed by atoms with Gasteiger partial charge in [-0.15, -0.1) is 0 Å². The second kappa shape index (κ2) is 8.95. The summed E-state index contributed by atoms with van der Waals surface area (Å²) in [7, 11) is 0. The van der Waals surface area contributed by atoms with E-state index < -0.39 is 23.1 Å². The molecule has 0 saturated heterocycles. The molecule has 3 N–H and O–H groups in total. The van der Waals surface area contributed by atoms with Gasteiger partial charge in [-0.3, -0.25) is 0 Å². The van der Waals surface area contributed by atoms with Crippen molar-refractivity contribution in [3.05, 3.63) is 89.5 Å². The van der Waals surface area contributed by atoms with Crippen LogP contribution in [0.5, 0.6) is 5.75 Å². The summed E-state index contributed by atoms with van der Waals surface area (Å²) in [5.74, 6) is -1.79. The summed E-state index contributed by atoms with van der Waals surface area (Å²) < 4.78 is 11.2. The summed E-state index contributed by atoms with van der Waals surface area (Å²) in [6.07, 6.45) is -0.126. The van der Waals surface area contributed by atoms with Gasteiger partial charge in [0.25, 0.3) is 0 Å². The molecule has 0 saturated carbocycles. The van der Waals surface area contributed by atoms with Crippen molar-refractivity contribution in [2.24, 2.45) is 5.73 Å². The van der Waals surface area contributed by atoms with Gasteiger partial charge in [-0.1, -0.05) is 60.7 Å². The van der Waals surface area contributed by atoms with E-state index in [9.17, 15) is 14.7 Å². The zero-order valence-electron chi connectivity index (χ0n) is 19.6. The third-order valence-corrected chi connectivity index (χ3v) is 5.89. The van der Waals surface area contributed by atoms with Crippen LogP contribution in [0.1, 0.15) is 43.4 Å². The molecule has 4 rings (SSSR count). The number of phenols is 1. The molecule has 3 aromatic carbocycles. The van der Waals surface area contributed by atoms with Gasteiger partial charge in [-0.2, -0.15) is 0 Å². The van der Waals surface area contributed by atoms with Crippen molar-refractivity contribution < 1.29 is 24.2 Å². The van der Waals surface area contributed by atoms with Gasteiger partial charge in [-0.25, -0.2) is 9.59 Å². The van der Waals surface area contributed by atoms with Crippen LogP contribution in [-0.2, 0) is 25.5 Å². The lowest BCUT2D eigenvalue weighted by Crippen LogP contribution is -2.59. The number of nitrogens with two attached hydrogens (primary N) is 1. The standard InChI is InChI=1S/C28H29NO5/c1-27(2,3)34-26(32)28(29,16-18-12-14-19(30)15-13-18)25(31)33-17-24-22-10-6-4-8-20(22)21-9-5-7-11-23(21)24/h4-15,24,30H,16-17,29H2,1-3H3. The normalized spacial score (nSPS) is 14.6. The lowest BCUT2D eigenvalue weighted by molar-refractivity contribution is -0.171. The third-order valence-electron chi connectivity index (χ3n) is 5.89. The van der Waals surface area contributed by atoms with Gasteiger partial charge < -0.3 is 20.3 Å². The Morgan fingerprint density at radius 2 is 1.38 bits per heavy atom. The molecule has 0 aromatic heterocycles. The number of phenolic OH excluding ortho intramolecular Hbond substituents is 1. The number of rotatable bonds is 6. The zero-order chi connectivity index (χ0) is 24.5. The van der Waals surface area contributed by atoms with Crippen LogP contribution in [0, 0.1) is 0 Å². The molecular weight excluding hydrogens is 430 g/mol. The number of benzene rings is 3. The molecule has 176 valence electrons. The minimum absolute atomic E-state index is 0.0458. The van der Waals surface area contributed by atoms with Crippen LogP contribution >= 0.6 is 0 Å². The molecule has 1 aliphatic carbocycles. The van der Waals surface area contributed by atoms with Crippen molar-refractivity contribution in [1.29, 1.82) is 0 Å². The Hall–Kier alpha value is -3.64. The maximum absolute atomic E-state index is 13.3. The molecule has 0 fully saturated rings. The highest BCUT2D eigenvalue weighted by atomic mass is 16.6. The molecule has 0 amide bonds. The second-order valence-corrected chi connectivity index (χ2v) is 9.64. The molecule has 0 heterocycles. The van der Waals surface area contributed by atoms with E-state index in [1.54, 1.807) is 32.9 Å². The van der Waals surface area contributed by atoms with Crippen LogP contribution < -0.4 is 5.73 Å². The molecular formula is C28H29NO5. The Kier molecular flexibility index (Phi) is 6.19. The van der Waals surface area contributed by atoms with E-state index >= 15 is 0 Å². The first kappa shape index (κ1) is 23.5. The molecule has 3 aromatic rings. The van der Waals surface area contributed by atoms with Crippen molar-refractivity contribution in [1.82, 2.24) is 0 Å². The Morgan fingerprint density at radius 1 is 0.853 bits per heavy atom. The van der Waals surface area contributed by atoms with Gasteiger partial charge in [0.05, 0.1) is 0 Å². The van der Waals surface area contributed by atoms with Crippen LogP contribution in [-0.4, -0.2) is 34.8 Å². The molecule has 34 heavy (non-hydrogen) atoms. The minimum atomic E-state index is -2.04. The number of carbonyl (C=O) groups is 2. The van der Waals surface area contributed by atoms with Gasteiger partial charge in [0, 0.05) is 12.3 Å². The SMILES string of the molecule is CC(C)(C)OC(=O)C(N)(Cc1ccc(O)cc1)C(=O)OCC1c2ccccc2-c2ccccc21. The quantitative estimate of drug-likeness (QED) is 0.421. The Morgan fingerprint density at radius 3 is 1.91 bits per heavy atom. The average molecular weight is 460 g/mol. The number of ether oxygens (including phenoxy) is 2. The molecule has 1 aliphatic rings. The fourth-order valence-corrected chi connectivity index (χ4v) is 4.26. The van der Waals surface area contributed by atoms with Crippen molar-refractivity contribution in [2.75, 3.05) is 6.61 Å². The topological polar surface area (TPSA) is 98.9 Å². The Balaban J connectivity index is 1.59. The summed E-state index contributed by atoms with van der Waals surface area (Å²) in [4.78, 5) is 26.4. The summed E-state index contributed by atoms with van der Waals surface area (Å²) in [5.41, 5.74) is 8.49. The summed E-state index contributed by atoms with van der Waals surface area (Å²) in [6.45, 7) is 5.18. The summed E-state index contributed by atoms with van der Waals surface area (Å²) in [5, 5.41) is 9.58. The van der Waals surface area contributed by atoms with E-state index in [1.807, 2.05) is 36.4 Å². The molecule has 0 aliphatic heterocycles. The molecule has 1 atom stereocenters. The largest absolute Gasteiger partial charge is 0.508 e. The van der Waals surface area contributed by atoms with Gasteiger partial charge in [0.2, 0.25) is 5.54 Å². The number of fused-ring (bicyclic) bond motifs is 3. The van der Waals surface area contributed by atoms with Crippen LogP contribution in [0.2, 0.25) is 0 Å². The Labute approximate surface area is 199 Å². The second-order valence-electron chi connectivity index (χ2n) is 9.64. The monoisotopic (exact) mass is 459 g/mol. The van der Waals surface area contributed by atoms with Gasteiger partial charge >= 0.3 is 11.9 Å². The summed E-state index contributed by atoms with van der Waals surface area (Å²) in [6, 6.07) is 22.2. The van der Waals surface area contributed by atoms with Gasteiger partial charge in [-0.05, 0) is 60.7 Å². The van der Waals surface area contributed by atoms with E-state index in [0.717, 1.165) is 22.3 Å². The Bertz CT molecular complexity index is 1170. The average Bonchev–Trinajstić information content (AvgIpc) is 3.11. The molecule has 1 unspecified atom stereocenters. The highest BCUT2D eigenvalue weighted by molar-refractivity contribution is 6.05. The molecule has 0 bridgehead atoms. The maximum atomic E-state index is 13.3. The zero-order valence-corrected chi connectivity index (χ0v) is 19.6. The maximum Gasteiger partial charge on any atom is 0.338 e. The van der Waals surface area contributed by atoms with E-state index in [4.69, 9.17) is 15.2 Å². The third kappa shape index (κ3) is 4.68. The number of carbonyl (C=O) groups excluding carboxylic acids is 2. The highest BCUT2D eigenvalue weighted by Crippen LogP contribution is 2.44.